The maximum absolute atomic E-state index is 13.0. The Labute approximate surface area is 202 Å². The maximum atomic E-state index is 13.0. The first-order chi connectivity index (χ1) is 15.9. The van der Waals surface area contributed by atoms with Crippen molar-refractivity contribution in [3.8, 4) is 5.75 Å². The van der Waals surface area contributed by atoms with Crippen LogP contribution in [-0.4, -0.2) is 77.5 Å². The molecule has 0 spiro atoms. The summed E-state index contributed by atoms with van der Waals surface area (Å²) >= 11 is 0. The molecule has 2 aromatic rings. The Morgan fingerprint density at radius 2 is 1.53 bits per heavy atom. The molecule has 2 aromatic carbocycles. The molecular formula is C23H31N3O6S2. The summed E-state index contributed by atoms with van der Waals surface area (Å²) in [4.78, 5) is 14.9. The predicted molar refractivity (Wildman–Crippen MR) is 131 cm³/mol. The van der Waals surface area contributed by atoms with Crippen molar-refractivity contribution in [2.24, 2.45) is 0 Å². The smallest absolute Gasteiger partial charge is 0.263 e. The van der Waals surface area contributed by atoms with Gasteiger partial charge in [-0.1, -0.05) is 24.6 Å². The fraction of sp³-hybridized carbons (Fsp3) is 0.435. The normalized spacial score (nSPS) is 16.2. The molecule has 3 rings (SSSR count). The largest absolute Gasteiger partial charge is 0.481 e. The quantitative estimate of drug-likeness (QED) is 0.540. The second-order valence-electron chi connectivity index (χ2n) is 8.28. The first-order valence-corrected chi connectivity index (χ1v) is 14.3. The van der Waals surface area contributed by atoms with Gasteiger partial charge in [-0.25, -0.2) is 16.8 Å². The van der Waals surface area contributed by atoms with Crippen molar-refractivity contribution in [1.82, 2.24) is 9.21 Å². The molecule has 34 heavy (non-hydrogen) atoms. The van der Waals surface area contributed by atoms with Gasteiger partial charge in [-0.2, -0.15) is 4.31 Å². The average molecular weight is 510 g/mol. The van der Waals surface area contributed by atoms with Crippen molar-refractivity contribution in [3.05, 3.63) is 54.1 Å². The summed E-state index contributed by atoms with van der Waals surface area (Å²) in [5, 5.41) is 0. The van der Waals surface area contributed by atoms with Gasteiger partial charge in [0.25, 0.3) is 5.91 Å². The standard InChI is InChI=1S/C23H31N3O6S2/c1-5-22(32-20-10-8-19(9-11-20)24(3)33(4,28)29)23(27)25-14-16-26(17-15-25)34(30,31)21-12-6-18(2)7-13-21/h6-13,22H,5,14-17H2,1-4H3/t22-/m1/s1. The van der Waals surface area contributed by atoms with Crippen molar-refractivity contribution in [2.45, 2.75) is 31.3 Å². The van der Waals surface area contributed by atoms with Gasteiger partial charge in [-0.3, -0.25) is 9.10 Å². The number of aryl methyl sites for hydroxylation is 1. The highest BCUT2D eigenvalue weighted by atomic mass is 32.2. The lowest BCUT2D eigenvalue weighted by molar-refractivity contribution is -0.140. The van der Waals surface area contributed by atoms with Gasteiger partial charge in [0.2, 0.25) is 20.0 Å². The summed E-state index contributed by atoms with van der Waals surface area (Å²) in [6.45, 7) is 4.72. The van der Waals surface area contributed by atoms with Crippen molar-refractivity contribution < 1.29 is 26.4 Å². The molecule has 1 heterocycles. The average Bonchev–Trinajstić information content (AvgIpc) is 2.82. The molecule has 11 heteroatoms. The first kappa shape index (κ1) is 26.0. The van der Waals surface area contributed by atoms with E-state index < -0.39 is 26.2 Å². The number of anilines is 1. The predicted octanol–water partition coefficient (Wildman–Crippen LogP) is 2.08. The maximum Gasteiger partial charge on any atom is 0.263 e. The molecule has 1 aliphatic heterocycles. The minimum absolute atomic E-state index is 0.202. The van der Waals surface area contributed by atoms with E-state index in [-0.39, 0.29) is 37.0 Å². The molecule has 1 fully saturated rings. The molecule has 1 aliphatic rings. The van der Waals surface area contributed by atoms with Crippen LogP contribution in [-0.2, 0) is 24.8 Å². The number of benzene rings is 2. The monoisotopic (exact) mass is 509 g/mol. The Hall–Kier alpha value is -2.63. The van der Waals surface area contributed by atoms with Crippen LogP contribution in [0.25, 0.3) is 0 Å². The van der Waals surface area contributed by atoms with Gasteiger partial charge in [0.1, 0.15) is 5.75 Å². The molecule has 0 unspecified atom stereocenters. The zero-order valence-corrected chi connectivity index (χ0v) is 21.5. The number of carbonyl (C=O) groups excluding carboxylic acids is 1. The van der Waals surface area contributed by atoms with Crippen molar-refractivity contribution in [1.29, 1.82) is 0 Å². The van der Waals surface area contributed by atoms with Crippen LogP contribution in [0.3, 0.4) is 0 Å². The first-order valence-electron chi connectivity index (χ1n) is 11.0. The van der Waals surface area contributed by atoms with Crippen molar-refractivity contribution >= 4 is 31.6 Å². The number of nitrogens with zero attached hydrogens (tertiary/aromatic N) is 3. The molecule has 0 saturated carbocycles. The van der Waals surface area contributed by atoms with Gasteiger partial charge >= 0.3 is 0 Å². The van der Waals surface area contributed by atoms with Crippen molar-refractivity contribution in [3.63, 3.8) is 0 Å². The highest BCUT2D eigenvalue weighted by Crippen LogP contribution is 2.23. The van der Waals surface area contributed by atoms with Crippen LogP contribution in [0.5, 0.6) is 5.75 Å². The van der Waals surface area contributed by atoms with Crippen LogP contribution in [0.2, 0.25) is 0 Å². The Balaban J connectivity index is 1.61. The second-order valence-corrected chi connectivity index (χ2v) is 12.2. The minimum atomic E-state index is -3.61. The number of piperazine rings is 1. The number of carbonyl (C=O) groups is 1. The minimum Gasteiger partial charge on any atom is -0.481 e. The molecular weight excluding hydrogens is 478 g/mol. The molecule has 0 radical (unpaired) electrons. The Kier molecular flexibility index (Phi) is 7.89. The van der Waals surface area contributed by atoms with Gasteiger partial charge < -0.3 is 9.64 Å². The van der Waals surface area contributed by atoms with E-state index in [9.17, 15) is 21.6 Å². The van der Waals surface area contributed by atoms with E-state index in [4.69, 9.17) is 4.74 Å². The zero-order valence-electron chi connectivity index (χ0n) is 19.8. The molecule has 0 bridgehead atoms. The van der Waals surface area contributed by atoms with Gasteiger partial charge in [0.05, 0.1) is 16.8 Å². The van der Waals surface area contributed by atoms with Crippen LogP contribution in [0.15, 0.2) is 53.4 Å². The summed E-state index contributed by atoms with van der Waals surface area (Å²) in [6, 6.07) is 13.2. The van der Waals surface area contributed by atoms with E-state index in [1.165, 1.54) is 11.4 Å². The molecule has 186 valence electrons. The number of ether oxygens (including phenoxy) is 1. The number of hydrogen-bond donors (Lipinski definition) is 0. The van der Waals surface area contributed by atoms with Crippen LogP contribution in [0.4, 0.5) is 5.69 Å². The fourth-order valence-corrected chi connectivity index (χ4v) is 5.54. The van der Waals surface area contributed by atoms with E-state index in [1.807, 2.05) is 13.8 Å². The molecule has 1 saturated heterocycles. The van der Waals surface area contributed by atoms with Crippen LogP contribution < -0.4 is 9.04 Å². The van der Waals surface area contributed by atoms with Crippen LogP contribution in [0, 0.1) is 6.92 Å². The van der Waals surface area contributed by atoms with Gasteiger partial charge in [-0.05, 0) is 49.7 Å². The van der Waals surface area contributed by atoms with Crippen LogP contribution >= 0.6 is 0 Å². The van der Waals surface area contributed by atoms with E-state index in [0.717, 1.165) is 16.1 Å². The lowest BCUT2D eigenvalue weighted by Crippen LogP contribution is -2.53. The number of rotatable bonds is 8. The number of hydrogen-bond acceptors (Lipinski definition) is 6. The fourth-order valence-electron chi connectivity index (χ4n) is 3.61. The topological polar surface area (TPSA) is 104 Å². The van der Waals surface area contributed by atoms with Crippen molar-refractivity contribution in [2.75, 3.05) is 43.8 Å². The Bertz CT molecular complexity index is 1200. The summed E-state index contributed by atoms with van der Waals surface area (Å²) in [6.07, 6.45) is 0.833. The highest BCUT2D eigenvalue weighted by Gasteiger charge is 2.32. The lowest BCUT2D eigenvalue weighted by Gasteiger charge is -2.35. The zero-order chi connectivity index (χ0) is 25.1. The summed E-state index contributed by atoms with van der Waals surface area (Å²) in [5.74, 6) is 0.249. The van der Waals surface area contributed by atoms with Gasteiger partial charge in [0, 0.05) is 33.2 Å². The highest BCUT2D eigenvalue weighted by molar-refractivity contribution is 7.92. The summed E-state index contributed by atoms with van der Waals surface area (Å²) in [7, 11) is -5.52. The second kappa shape index (κ2) is 10.3. The van der Waals surface area contributed by atoms with E-state index >= 15 is 0 Å². The molecule has 0 aromatic heterocycles. The molecule has 1 atom stereocenters. The molecule has 9 nitrogen and oxygen atoms in total. The number of amides is 1. The Morgan fingerprint density at radius 1 is 0.971 bits per heavy atom. The van der Waals surface area contributed by atoms with Gasteiger partial charge in [-0.15, -0.1) is 0 Å². The van der Waals surface area contributed by atoms with Gasteiger partial charge in [0.15, 0.2) is 6.10 Å². The lowest BCUT2D eigenvalue weighted by atomic mass is 10.2. The van der Waals surface area contributed by atoms with E-state index in [0.29, 0.717) is 17.9 Å². The third-order valence-electron chi connectivity index (χ3n) is 5.83. The molecule has 0 aliphatic carbocycles. The SMILES string of the molecule is CC[C@@H](Oc1ccc(N(C)S(C)(=O)=O)cc1)C(=O)N1CCN(S(=O)(=O)c2ccc(C)cc2)CC1. The van der Waals surface area contributed by atoms with Crippen LogP contribution in [0.1, 0.15) is 18.9 Å². The molecule has 0 N–H and O–H groups in total. The summed E-state index contributed by atoms with van der Waals surface area (Å²) < 4.78 is 57.6. The Morgan fingerprint density at radius 3 is 2.03 bits per heavy atom. The van der Waals surface area contributed by atoms with E-state index in [2.05, 4.69) is 0 Å². The third kappa shape index (κ3) is 5.89. The third-order valence-corrected chi connectivity index (χ3v) is 8.95. The van der Waals surface area contributed by atoms with E-state index in [1.54, 1.807) is 53.4 Å². The molecule has 1 amide bonds. The number of sulfonamides is 2. The summed E-state index contributed by atoms with van der Waals surface area (Å²) in [5.41, 5.74) is 1.47.